The van der Waals surface area contributed by atoms with Crippen LogP contribution in [0.25, 0.3) is 0 Å². The van der Waals surface area contributed by atoms with Crippen molar-refractivity contribution in [2.75, 3.05) is 11.9 Å². The highest BCUT2D eigenvalue weighted by molar-refractivity contribution is 7.80. The van der Waals surface area contributed by atoms with Crippen molar-refractivity contribution in [2.45, 2.75) is 13.8 Å². The quantitative estimate of drug-likeness (QED) is 0.878. The first-order chi connectivity index (χ1) is 9.91. The molecule has 0 bridgehead atoms. The first-order valence-corrected chi connectivity index (χ1v) is 6.80. The predicted octanol–water partition coefficient (Wildman–Crippen LogP) is 2.00. The molecule has 1 aromatic heterocycles. The van der Waals surface area contributed by atoms with Crippen LogP contribution in [-0.2, 0) is 0 Å². The van der Waals surface area contributed by atoms with Gasteiger partial charge in [-0.25, -0.2) is 0 Å². The Morgan fingerprint density at radius 1 is 1.19 bits per heavy atom. The first-order valence-electron chi connectivity index (χ1n) is 6.39. The van der Waals surface area contributed by atoms with E-state index < -0.39 is 0 Å². The van der Waals surface area contributed by atoms with Crippen molar-refractivity contribution in [3.63, 3.8) is 0 Å². The molecule has 21 heavy (non-hydrogen) atoms. The fourth-order valence-corrected chi connectivity index (χ4v) is 2.20. The number of thiocarbonyl (C=S) groups is 1. The molecule has 0 unspecified atom stereocenters. The molecular formula is C15H16N4OS. The van der Waals surface area contributed by atoms with Gasteiger partial charge in [-0.15, -0.1) is 0 Å². The minimum atomic E-state index is -0.172. The number of hydrogen-bond acceptors (Lipinski definition) is 4. The second-order valence-corrected chi connectivity index (χ2v) is 5.17. The molecule has 1 aromatic carbocycles. The Bertz CT molecular complexity index is 715. The number of carbonyl (C=O) groups is 1. The molecule has 0 fully saturated rings. The zero-order chi connectivity index (χ0) is 15.6. The number of benzene rings is 1. The Morgan fingerprint density at radius 3 is 2.52 bits per heavy atom. The molecule has 0 aliphatic carbocycles. The smallest absolute Gasteiger partial charge is 0.260 e. The molecule has 108 valence electrons. The maximum atomic E-state index is 12.7. The summed E-state index contributed by atoms with van der Waals surface area (Å²) in [6.45, 7) is 3.55. The van der Waals surface area contributed by atoms with Crippen LogP contribution in [0.2, 0.25) is 0 Å². The average Bonchev–Trinajstić information content (AvgIpc) is 2.48. The average molecular weight is 300 g/mol. The van der Waals surface area contributed by atoms with E-state index in [1.54, 1.807) is 33.0 Å². The van der Waals surface area contributed by atoms with Gasteiger partial charge in [-0.1, -0.05) is 24.4 Å². The number of nitrogens with zero attached hydrogens (tertiary/aromatic N) is 3. The fourth-order valence-electron chi connectivity index (χ4n) is 2.03. The molecule has 6 heteroatoms. The Hall–Kier alpha value is -2.34. The van der Waals surface area contributed by atoms with E-state index >= 15 is 0 Å². The van der Waals surface area contributed by atoms with Crippen molar-refractivity contribution in [3.8, 4) is 0 Å². The van der Waals surface area contributed by atoms with Gasteiger partial charge in [-0.2, -0.15) is 10.2 Å². The highest BCUT2D eigenvalue weighted by atomic mass is 32.1. The second kappa shape index (κ2) is 5.97. The van der Waals surface area contributed by atoms with E-state index in [1.807, 2.05) is 18.2 Å². The van der Waals surface area contributed by atoms with Gasteiger partial charge in [0, 0.05) is 12.6 Å². The van der Waals surface area contributed by atoms with Gasteiger partial charge < -0.3 is 10.6 Å². The summed E-state index contributed by atoms with van der Waals surface area (Å²) in [5.41, 5.74) is 8.85. The lowest BCUT2D eigenvalue weighted by atomic mass is 10.1. The van der Waals surface area contributed by atoms with E-state index in [9.17, 15) is 4.79 Å². The monoisotopic (exact) mass is 300 g/mol. The zero-order valence-electron chi connectivity index (χ0n) is 12.1. The summed E-state index contributed by atoms with van der Waals surface area (Å²) in [4.78, 5) is 14.4. The lowest BCUT2D eigenvalue weighted by Gasteiger charge is -2.21. The van der Waals surface area contributed by atoms with Crippen LogP contribution >= 0.6 is 12.2 Å². The molecule has 0 saturated heterocycles. The molecule has 0 spiro atoms. The number of para-hydroxylation sites is 1. The molecule has 0 atom stereocenters. The second-order valence-electron chi connectivity index (χ2n) is 4.73. The van der Waals surface area contributed by atoms with Crippen LogP contribution in [0.15, 0.2) is 30.3 Å². The molecule has 0 aliphatic heterocycles. The lowest BCUT2D eigenvalue weighted by molar-refractivity contribution is 0.0991. The fraction of sp³-hybridized carbons (Fsp3) is 0.200. The van der Waals surface area contributed by atoms with E-state index in [-0.39, 0.29) is 10.9 Å². The number of hydrogen-bond donors (Lipinski definition) is 1. The van der Waals surface area contributed by atoms with Crippen LogP contribution in [0.1, 0.15) is 27.3 Å². The molecule has 1 amide bonds. The Balaban J connectivity index is 2.45. The predicted molar refractivity (Wildman–Crippen MR) is 86.6 cm³/mol. The Labute approximate surface area is 128 Å². The first kappa shape index (κ1) is 15.1. The van der Waals surface area contributed by atoms with Gasteiger partial charge in [0.1, 0.15) is 4.99 Å². The summed E-state index contributed by atoms with van der Waals surface area (Å²) in [6.07, 6.45) is 0. The molecular weight excluding hydrogens is 284 g/mol. The van der Waals surface area contributed by atoms with Crippen molar-refractivity contribution in [1.29, 1.82) is 0 Å². The van der Waals surface area contributed by atoms with Gasteiger partial charge in [-0.05, 0) is 32.0 Å². The molecule has 1 heterocycles. The number of rotatable bonds is 3. The van der Waals surface area contributed by atoms with E-state index in [0.717, 1.165) is 0 Å². The SMILES string of the molecule is Cc1cc(C(=O)N(C)c2ccccc2C(N)=S)c(C)nn1. The summed E-state index contributed by atoms with van der Waals surface area (Å²) in [5.74, 6) is -0.172. The van der Waals surface area contributed by atoms with Gasteiger partial charge in [0.15, 0.2) is 0 Å². The summed E-state index contributed by atoms with van der Waals surface area (Å²) in [6, 6.07) is 9.00. The zero-order valence-corrected chi connectivity index (χ0v) is 12.9. The van der Waals surface area contributed by atoms with Gasteiger partial charge in [0.25, 0.3) is 5.91 Å². The third kappa shape index (κ3) is 3.05. The number of carbonyl (C=O) groups excluding carboxylic acids is 1. The molecule has 5 nitrogen and oxygen atoms in total. The van der Waals surface area contributed by atoms with Crippen LogP contribution < -0.4 is 10.6 Å². The van der Waals surface area contributed by atoms with E-state index in [0.29, 0.717) is 28.2 Å². The molecule has 0 radical (unpaired) electrons. The van der Waals surface area contributed by atoms with E-state index in [2.05, 4.69) is 10.2 Å². The summed E-state index contributed by atoms with van der Waals surface area (Å²) < 4.78 is 0. The number of anilines is 1. The van der Waals surface area contributed by atoms with Gasteiger partial charge in [0.2, 0.25) is 0 Å². The van der Waals surface area contributed by atoms with Gasteiger partial charge >= 0.3 is 0 Å². The number of aromatic nitrogens is 2. The molecule has 0 aliphatic rings. The number of aryl methyl sites for hydroxylation is 2. The Kier molecular flexibility index (Phi) is 4.28. The van der Waals surface area contributed by atoms with Crippen LogP contribution in [-0.4, -0.2) is 28.1 Å². The van der Waals surface area contributed by atoms with Crippen molar-refractivity contribution >= 4 is 28.8 Å². The van der Waals surface area contributed by atoms with Crippen molar-refractivity contribution in [2.24, 2.45) is 5.73 Å². The molecule has 2 N–H and O–H groups in total. The standard InChI is InChI=1S/C15H16N4OS/c1-9-8-12(10(2)18-17-9)15(20)19(3)13-7-5-4-6-11(13)14(16)21/h4-8H,1-3H3,(H2,16,21). The molecule has 0 saturated carbocycles. The minimum Gasteiger partial charge on any atom is -0.389 e. The highest BCUT2D eigenvalue weighted by Gasteiger charge is 2.19. The third-order valence-electron chi connectivity index (χ3n) is 3.17. The van der Waals surface area contributed by atoms with Gasteiger partial charge in [-0.3, -0.25) is 4.79 Å². The van der Waals surface area contributed by atoms with Crippen LogP contribution in [0.5, 0.6) is 0 Å². The maximum Gasteiger partial charge on any atom is 0.260 e. The number of amides is 1. The summed E-state index contributed by atoms with van der Waals surface area (Å²) in [7, 11) is 1.69. The van der Waals surface area contributed by atoms with Gasteiger partial charge in [0.05, 0.1) is 22.6 Å². The Morgan fingerprint density at radius 2 is 1.86 bits per heavy atom. The largest absolute Gasteiger partial charge is 0.389 e. The normalized spacial score (nSPS) is 10.2. The molecule has 2 rings (SSSR count). The van der Waals surface area contributed by atoms with E-state index in [4.69, 9.17) is 18.0 Å². The van der Waals surface area contributed by atoms with Crippen molar-refractivity contribution in [1.82, 2.24) is 10.2 Å². The lowest BCUT2D eigenvalue weighted by Crippen LogP contribution is -2.29. The minimum absolute atomic E-state index is 0.172. The summed E-state index contributed by atoms with van der Waals surface area (Å²) in [5, 5.41) is 7.92. The van der Waals surface area contributed by atoms with Crippen LogP contribution in [0.4, 0.5) is 5.69 Å². The summed E-state index contributed by atoms with van der Waals surface area (Å²) >= 11 is 5.04. The molecule has 2 aromatic rings. The highest BCUT2D eigenvalue weighted by Crippen LogP contribution is 2.21. The van der Waals surface area contributed by atoms with Crippen LogP contribution in [0, 0.1) is 13.8 Å². The topological polar surface area (TPSA) is 72.1 Å². The van der Waals surface area contributed by atoms with Crippen molar-refractivity contribution < 1.29 is 4.79 Å². The number of nitrogens with two attached hydrogens (primary N) is 1. The third-order valence-corrected chi connectivity index (χ3v) is 3.39. The van der Waals surface area contributed by atoms with Crippen molar-refractivity contribution in [3.05, 3.63) is 52.8 Å². The van der Waals surface area contributed by atoms with Crippen LogP contribution in [0.3, 0.4) is 0 Å². The van der Waals surface area contributed by atoms with E-state index in [1.165, 1.54) is 4.90 Å². The maximum absolute atomic E-state index is 12.7.